The molecule has 1 fully saturated rings. The minimum atomic E-state index is -4.64. The third kappa shape index (κ3) is 13.4. The van der Waals surface area contributed by atoms with Gasteiger partial charge in [0, 0.05) is 0 Å². The number of aromatic nitrogens is 4. The van der Waals surface area contributed by atoms with Crippen LogP contribution in [0.25, 0.3) is 11.2 Å². The van der Waals surface area contributed by atoms with Crippen LogP contribution in [-0.2, 0) is 18.4 Å². The zero-order valence-electron chi connectivity index (χ0n) is 16.9. The Morgan fingerprint density at radius 3 is 1.74 bits per heavy atom. The maximum atomic E-state index is 10.2. The third-order valence-corrected chi connectivity index (χ3v) is 3.34. The van der Waals surface area contributed by atoms with Crippen molar-refractivity contribution in [3.8, 4) is 0 Å². The van der Waals surface area contributed by atoms with Crippen LogP contribution in [0.2, 0.25) is 0 Å². The second-order valence-electron chi connectivity index (χ2n) is 6.16. The molecule has 1 aliphatic heterocycles. The number of hydrogen-bond donors (Lipinski definition) is 14. The molecule has 204 valence electrons. The number of imidazole rings is 1. The Bertz CT molecular complexity index is 1020. The molecular weight excluding hydrogens is 553 g/mol. The molecule has 0 amide bonds. The number of phosphoric acid groups is 3. The van der Waals surface area contributed by atoms with Crippen LogP contribution in [0, 0.1) is 0 Å². The lowest BCUT2D eigenvalue weighted by molar-refractivity contribution is -0.103. The molecule has 1 aliphatic rings. The predicted octanol–water partition coefficient (Wildman–Crippen LogP) is -5.48. The molecule has 0 radical (unpaired) electrons. The van der Waals surface area contributed by atoms with Gasteiger partial charge in [-0.3, -0.25) is 10.3 Å². The van der Waals surface area contributed by atoms with E-state index < -0.39 is 54.2 Å². The van der Waals surface area contributed by atoms with E-state index in [0.717, 1.165) is 0 Å². The van der Waals surface area contributed by atoms with Crippen LogP contribution >= 0.6 is 23.5 Å². The van der Waals surface area contributed by atoms with Gasteiger partial charge in [-0.15, -0.1) is 0 Å². The van der Waals surface area contributed by atoms with E-state index in [1.54, 1.807) is 0 Å². The van der Waals surface area contributed by atoms with E-state index in [9.17, 15) is 10.2 Å². The lowest BCUT2D eigenvalue weighted by Gasteiger charge is -2.26. The standard InChI is InChI=1S/C10H14N6O4.3H3O4P/c11-7-5-8(14-2-13-7)16(3-15-5)9-10(12,19)6(18)4(1-17)20-9;3*1-5(2,3)4/h2-4,6,9,17-19H,1,12H2,(H2,11,13,14);3*(H3,1,2,3,4)/t4-,6-,9-,10-;;;/m1.../s1. The highest BCUT2D eigenvalue weighted by atomic mass is 31.2. The van der Waals surface area contributed by atoms with E-state index in [4.69, 9.17) is 79.0 Å². The van der Waals surface area contributed by atoms with Crippen molar-refractivity contribution in [2.75, 3.05) is 12.3 Å². The van der Waals surface area contributed by atoms with Crippen molar-refractivity contribution >= 4 is 40.4 Å². The second kappa shape index (κ2) is 12.6. The first-order valence-corrected chi connectivity index (χ1v) is 12.9. The zero-order valence-corrected chi connectivity index (χ0v) is 19.6. The molecule has 0 aromatic carbocycles. The molecule has 0 aliphatic carbocycles. The smallest absolute Gasteiger partial charge is 0.394 e. The Hall–Kier alpha value is -1.52. The van der Waals surface area contributed by atoms with Crippen molar-refractivity contribution < 1.29 is 77.8 Å². The van der Waals surface area contributed by atoms with E-state index in [2.05, 4.69) is 15.0 Å². The maximum Gasteiger partial charge on any atom is 0.466 e. The number of fused-ring (bicyclic) bond motifs is 1. The van der Waals surface area contributed by atoms with Gasteiger partial charge < -0.3 is 69.8 Å². The molecule has 2 aromatic heterocycles. The van der Waals surface area contributed by atoms with E-state index in [1.807, 2.05) is 0 Å². The molecule has 4 atom stereocenters. The van der Waals surface area contributed by atoms with Gasteiger partial charge in [0.05, 0.1) is 12.9 Å². The van der Waals surface area contributed by atoms with E-state index >= 15 is 0 Å². The summed E-state index contributed by atoms with van der Waals surface area (Å²) in [6.45, 7) is -0.485. The zero-order chi connectivity index (χ0) is 28.0. The quantitative estimate of drug-likeness (QED) is 0.117. The van der Waals surface area contributed by atoms with Crippen molar-refractivity contribution in [1.29, 1.82) is 0 Å². The topological polar surface area (TPSA) is 399 Å². The van der Waals surface area contributed by atoms with Crippen molar-refractivity contribution in [1.82, 2.24) is 19.5 Å². The van der Waals surface area contributed by atoms with Crippen molar-refractivity contribution in [2.24, 2.45) is 5.73 Å². The van der Waals surface area contributed by atoms with Gasteiger partial charge in [0.25, 0.3) is 0 Å². The van der Waals surface area contributed by atoms with Crippen molar-refractivity contribution in [2.45, 2.75) is 24.2 Å². The van der Waals surface area contributed by atoms with Gasteiger partial charge in [-0.2, -0.15) is 0 Å². The van der Waals surface area contributed by atoms with Gasteiger partial charge in [0.1, 0.15) is 24.1 Å². The summed E-state index contributed by atoms with van der Waals surface area (Å²) in [6.07, 6.45) is -1.06. The Morgan fingerprint density at radius 1 is 0.943 bits per heavy atom. The van der Waals surface area contributed by atoms with E-state index in [1.165, 1.54) is 17.2 Å². The fourth-order valence-corrected chi connectivity index (χ4v) is 2.27. The van der Waals surface area contributed by atoms with E-state index in [-0.39, 0.29) is 5.82 Å². The molecule has 35 heavy (non-hydrogen) atoms. The number of ether oxygens (including phenoxy) is 1. The first kappa shape index (κ1) is 33.5. The Kier molecular flexibility index (Phi) is 12.1. The molecular formula is C10H23N6O16P3. The summed E-state index contributed by atoms with van der Waals surface area (Å²) in [5.41, 5.74) is 9.90. The minimum Gasteiger partial charge on any atom is -0.394 e. The van der Waals surface area contributed by atoms with Crippen LogP contribution in [0.4, 0.5) is 5.82 Å². The summed E-state index contributed by atoms with van der Waals surface area (Å²) in [5.74, 6) is 0.173. The number of rotatable bonds is 2. The number of hydrogen-bond acceptors (Lipinski definition) is 12. The molecule has 0 unspecified atom stereocenters. The average molecular weight is 576 g/mol. The van der Waals surface area contributed by atoms with Gasteiger partial charge in [0.2, 0.25) is 0 Å². The molecule has 25 heteroatoms. The Morgan fingerprint density at radius 2 is 1.37 bits per heavy atom. The largest absolute Gasteiger partial charge is 0.466 e. The summed E-state index contributed by atoms with van der Waals surface area (Å²) in [7, 11) is -13.9. The fraction of sp³-hybridized carbons (Fsp3) is 0.500. The van der Waals surface area contributed by atoms with Crippen LogP contribution in [0.3, 0.4) is 0 Å². The van der Waals surface area contributed by atoms with Gasteiger partial charge in [-0.1, -0.05) is 0 Å². The monoisotopic (exact) mass is 576 g/mol. The van der Waals surface area contributed by atoms with Gasteiger partial charge >= 0.3 is 23.5 Å². The molecule has 16 N–H and O–H groups in total. The summed E-state index contributed by atoms with van der Waals surface area (Å²) in [5, 5.41) is 29.2. The van der Waals surface area contributed by atoms with Gasteiger partial charge in [0.15, 0.2) is 23.4 Å². The summed E-state index contributed by atoms with van der Waals surface area (Å²) >= 11 is 0. The van der Waals surface area contributed by atoms with Crippen LogP contribution in [0.15, 0.2) is 12.7 Å². The molecule has 22 nitrogen and oxygen atoms in total. The van der Waals surface area contributed by atoms with Gasteiger partial charge in [-0.25, -0.2) is 28.6 Å². The molecule has 1 saturated heterocycles. The lowest BCUT2D eigenvalue weighted by Crippen LogP contribution is -2.54. The Balaban J connectivity index is 0.000000635. The third-order valence-electron chi connectivity index (χ3n) is 3.34. The molecule has 2 aromatic rings. The molecule has 3 rings (SSSR count). The average Bonchev–Trinajstić information content (AvgIpc) is 3.11. The first-order valence-electron chi connectivity index (χ1n) is 8.20. The van der Waals surface area contributed by atoms with Gasteiger partial charge in [-0.05, 0) is 0 Å². The highest BCUT2D eigenvalue weighted by molar-refractivity contribution is 7.45. The number of aliphatic hydroxyl groups is 3. The highest BCUT2D eigenvalue weighted by Gasteiger charge is 2.54. The summed E-state index contributed by atoms with van der Waals surface area (Å²) < 4.78 is 33.4. The van der Waals surface area contributed by atoms with Crippen LogP contribution < -0.4 is 11.5 Å². The number of nitrogens with two attached hydrogens (primary N) is 2. The fourth-order valence-electron chi connectivity index (χ4n) is 2.27. The number of nitrogen functional groups attached to an aromatic ring is 1. The molecule has 0 spiro atoms. The van der Waals surface area contributed by atoms with Crippen molar-refractivity contribution in [3.05, 3.63) is 12.7 Å². The summed E-state index contributed by atoms with van der Waals surface area (Å²) in [4.78, 5) is 76.5. The normalized spacial score (nSPS) is 24.4. The van der Waals surface area contributed by atoms with Crippen molar-refractivity contribution in [3.63, 3.8) is 0 Å². The maximum absolute atomic E-state index is 10.2. The number of aliphatic hydroxyl groups excluding tert-OH is 2. The van der Waals surface area contributed by atoms with Crippen LogP contribution in [-0.4, -0.2) is 103 Å². The Labute approximate surface area is 193 Å². The second-order valence-corrected chi connectivity index (χ2v) is 9.24. The minimum absolute atomic E-state index is 0.173. The van der Waals surface area contributed by atoms with Crippen LogP contribution in [0.5, 0.6) is 0 Å². The highest BCUT2D eigenvalue weighted by Crippen LogP contribution is 2.36. The number of anilines is 1. The van der Waals surface area contributed by atoms with Crippen LogP contribution in [0.1, 0.15) is 6.23 Å². The summed E-state index contributed by atoms with van der Waals surface area (Å²) in [6, 6.07) is 0. The van der Waals surface area contributed by atoms with E-state index in [0.29, 0.717) is 11.2 Å². The lowest BCUT2D eigenvalue weighted by atomic mass is 10.1. The molecule has 0 bridgehead atoms. The SMILES string of the molecule is Nc1ncnc2c1ncn2[C@@H]1O[C@H](CO)[C@@H](O)[C@@]1(N)O.O=P(O)(O)O.O=P(O)(O)O.O=P(O)(O)O. The number of nitrogens with zero attached hydrogens (tertiary/aromatic N) is 4. The molecule has 3 heterocycles. The molecule has 0 saturated carbocycles. The predicted molar refractivity (Wildman–Crippen MR) is 109 cm³/mol. The first-order chi connectivity index (χ1) is 15.5.